The van der Waals surface area contributed by atoms with Crippen LogP contribution in [0.1, 0.15) is 11.4 Å². The molecule has 1 aliphatic rings. The first-order valence-electron chi connectivity index (χ1n) is 9.53. The summed E-state index contributed by atoms with van der Waals surface area (Å²) in [7, 11) is 0. The van der Waals surface area contributed by atoms with Crippen LogP contribution < -0.4 is 9.64 Å². The summed E-state index contributed by atoms with van der Waals surface area (Å²) in [5.41, 5.74) is 1.25. The van der Waals surface area contributed by atoms with E-state index in [-0.39, 0.29) is 5.65 Å². The molecule has 7 nitrogen and oxygen atoms in total. The molecular formula is C20H21F3N6O. The van der Waals surface area contributed by atoms with E-state index in [1.807, 2.05) is 29.2 Å². The Kier molecular flexibility index (Phi) is 5.58. The summed E-state index contributed by atoms with van der Waals surface area (Å²) in [6, 6.07) is 11.1. The molecule has 1 aliphatic heterocycles. The highest BCUT2D eigenvalue weighted by molar-refractivity contribution is 5.46. The van der Waals surface area contributed by atoms with Gasteiger partial charge in [0.25, 0.3) is 5.82 Å². The van der Waals surface area contributed by atoms with E-state index in [0.29, 0.717) is 25.5 Å². The summed E-state index contributed by atoms with van der Waals surface area (Å²) in [5, 5.41) is 10.9. The second-order valence-corrected chi connectivity index (χ2v) is 6.99. The number of rotatable bonds is 6. The SMILES string of the molecule is C=CCOc1ccc(CN2CCN(c3ccc4nnc(C(F)(F)F)n4n3)CC2)cc1. The first-order chi connectivity index (χ1) is 14.4. The van der Waals surface area contributed by atoms with Gasteiger partial charge in [0.05, 0.1) is 0 Å². The lowest BCUT2D eigenvalue weighted by molar-refractivity contribution is -0.146. The van der Waals surface area contributed by atoms with Gasteiger partial charge >= 0.3 is 6.18 Å². The molecule has 158 valence electrons. The Bertz CT molecular complexity index is 1010. The number of hydrogen-bond donors (Lipinski definition) is 0. The third kappa shape index (κ3) is 4.38. The predicted molar refractivity (Wildman–Crippen MR) is 105 cm³/mol. The third-order valence-corrected chi connectivity index (χ3v) is 4.90. The number of anilines is 1. The van der Waals surface area contributed by atoms with Gasteiger partial charge < -0.3 is 9.64 Å². The standard InChI is InChI=1S/C20H21F3N6O/c1-2-13-30-16-5-3-15(4-6-16)14-27-9-11-28(12-10-27)18-8-7-17-24-25-19(20(21,22)23)29(17)26-18/h2-8H,1,9-14H2. The van der Waals surface area contributed by atoms with E-state index in [4.69, 9.17) is 4.74 Å². The van der Waals surface area contributed by atoms with E-state index in [1.165, 1.54) is 11.6 Å². The van der Waals surface area contributed by atoms with Crippen molar-refractivity contribution in [3.05, 3.63) is 60.4 Å². The molecule has 0 saturated carbocycles. The van der Waals surface area contributed by atoms with Gasteiger partial charge in [-0.05, 0) is 29.8 Å². The number of aromatic nitrogens is 4. The van der Waals surface area contributed by atoms with E-state index in [9.17, 15) is 13.2 Å². The molecule has 0 unspecified atom stereocenters. The summed E-state index contributed by atoms with van der Waals surface area (Å²) in [4.78, 5) is 4.27. The number of halogens is 3. The summed E-state index contributed by atoms with van der Waals surface area (Å²) < 4.78 is 45.5. The monoisotopic (exact) mass is 418 g/mol. The number of benzene rings is 1. The molecule has 0 N–H and O–H groups in total. The topological polar surface area (TPSA) is 58.8 Å². The van der Waals surface area contributed by atoms with Gasteiger partial charge in [0.2, 0.25) is 0 Å². The Hall–Kier alpha value is -3.14. The van der Waals surface area contributed by atoms with Crippen LogP contribution in [0.2, 0.25) is 0 Å². The van der Waals surface area contributed by atoms with E-state index < -0.39 is 12.0 Å². The predicted octanol–water partition coefficient (Wildman–Crippen LogP) is 3.03. The molecular weight excluding hydrogens is 397 g/mol. The van der Waals surface area contributed by atoms with Gasteiger partial charge in [-0.3, -0.25) is 4.90 Å². The molecule has 1 fully saturated rings. The molecule has 0 aliphatic carbocycles. The Labute approximate surface area is 171 Å². The van der Waals surface area contributed by atoms with Crippen LogP contribution in [0.3, 0.4) is 0 Å². The van der Waals surface area contributed by atoms with Crippen molar-refractivity contribution < 1.29 is 17.9 Å². The van der Waals surface area contributed by atoms with Crippen molar-refractivity contribution in [3.63, 3.8) is 0 Å². The maximum Gasteiger partial charge on any atom is 0.453 e. The van der Waals surface area contributed by atoms with Crippen molar-refractivity contribution in [1.82, 2.24) is 24.7 Å². The van der Waals surface area contributed by atoms with Gasteiger partial charge in [-0.15, -0.1) is 15.3 Å². The van der Waals surface area contributed by atoms with Gasteiger partial charge in [0.1, 0.15) is 18.2 Å². The lowest BCUT2D eigenvalue weighted by atomic mass is 10.2. The van der Waals surface area contributed by atoms with Crippen molar-refractivity contribution in [3.8, 4) is 5.75 Å². The summed E-state index contributed by atoms with van der Waals surface area (Å²) in [5.74, 6) is 0.173. The lowest BCUT2D eigenvalue weighted by Gasteiger charge is -2.35. The molecule has 0 bridgehead atoms. The van der Waals surface area contributed by atoms with E-state index in [0.717, 1.165) is 29.9 Å². The van der Waals surface area contributed by atoms with Crippen LogP contribution in [0.25, 0.3) is 5.65 Å². The van der Waals surface area contributed by atoms with Crippen molar-refractivity contribution in [2.24, 2.45) is 0 Å². The summed E-state index contributed by atoms with van der Waals surface area (Å²) >= 11 is 0. The number of nitrogens with zero attached hydrogens (tertiary/aromatic N) is 6. The summed E-state index contributed by atoms with van der Waals surface area (Å²) in [6.07, 6.45) is -2.90. The molecule has 1 aromatic carbocycles. The van der Waals surface area contributed by atoms with Crippen LogP contribution in [-0.2, 0) is 12.7 Å². The second-order valence-electron chi connectivity index (χ2n) is 6.99. The number of ether oxygens (including phenoxy) is 1. The minimum Gasteiger partial charge on any atom is -0.490 e. The molecule has 3 aromatic rings. The van der Waals surface area contributed by atoms with Crippen LogP contribution in [0.4, 0.5) is 19.0 Å². The molecule has 2 aromatic heterocycles. The van der Waals surface area contributed by atoms with Crippen LogP contribution in [-0.4, -0.2) is 57.5 Å². The molecule has 0 atom stereocenters. The molecule has 0 amide bonds. The molecule has 0 spiro atoms. The first kappa shape index (κ1) is 20.1. The highest BCUT2D eigenvalue weighted by Crippen LogP contribution is 2.28. The Morgan fingerprint density at radius 2 is 1.73 bits per heavy atom. The van der Waals surface area contributed by atoms with E-state index in [1.54, 1.807) is 12.1 Å². The van der Waals surface area contributed by atoms with Crippen molar-refractivity contribution in [1.29, 1.82) is 0 Å². The normalized spacial score (nSPS) is 15.5. The number of alkyl halides is 3. The number of hydrogen-bond acceptors (Lipinski definition) is 6. The van der Waals surface area contributed by atoms with Gasteiger partial charge in [-0.1, -0.05) is 24.8 Å². The van der Waals surface area contributed by atoms with Gasteiger partial charge in [0.15, 0.2) is 5.65 Å². The second kappa shape index (κ2) is 8.31. The average Bonchev–Trinajstić information content (AvgIpc) is 3.18. The van der Waals surface area contributed by atoms with Gasteiger partial charge in [-0.25, -0.2) is 0 Å². The zero-order chi connectivity index (χ0) is 21.1. The number of piperazine rings is 1. The van der Waals surface area contributed by atoms with Crippen molar-refractivity contribution in [2.75, 3.05) is 37.7 Å². The fraction of sp³-hybridized carbons (Fsp3) is 0.350. The molecule has 30 heavy (non-hydrogen) atoms. The minimum atomic E-state index is -4.60. The molecule has 10 heteroatoms. The molecule has 4 rings (SSSR count). The number of fused-ring (bicyclic) bond motifs is 1. The van der Waals surface area contributed by atoms with Crippen molar-refractivity contribution in [2.45, 2.75) is 12.7 Å². The highest BCUT2D eigenvalue weighted by Gasteiger charge is 2.37. The fourth-order valence-corrected chi connectivity index (χ4v) is 3.36. The highest BCUT2D eigenvalue weighted by atomic mass is 19.4. The van der Waals surface area contributed by atoms with Crippen LogP contribution in [0.5, 0.6) is 5.75 Å². The largest absolute Gasteiger partial charge is 0.490 e. The minimum absolute atomic E-state index is 0.0743. The maximum absolute atomic E-state index is 13.1. The van der Waals surface area contributed by atoms with E-state index >= 15 is 0 Å². The van der Waals surface area contributed by atoms with Gasteiger partial charge in [0, 0.05) is 32.7 Å². The van der Waals surface area contributed by atoms with E-state index in [2.05, 4.69) is 26.8 Å². The molecule has 0 radical (unpaired) electrons. The first-order valence-corrected chi connectivity index (χ1v) is 9.53. The van der Waals surface area contributed by atoms with Crippen LogP contribution in [0.15, 0.2) is 49.1 Å². The Morgan fingerprint density at radius 1 is 1.00 bits per heavy atom. The Morgan fingerprint density at radius 3 is 2.40 bits per heavy atom. The smallest absolute Gasteiger partial charge is 0.453 e. The molecule has 3 heterocycles. The van der Waals surface area contributed by atoms with Crippen LogP contribution >= 0.6 is 0 Å². The zero-order valence-electron chi connectivity index (χ0n) is 16.2. The van der Waals surface area contributed by atoms with Crippen LogP contribution in [0, 0.1) is 0 Å². The summed E-state index contributed by atoms with van der Waals surface area (Å²) in [6.45, 7) is 7.80. The fourth-order valence-electron chi connectivity index (χ4n) is 3.36. The quantitative estimate of drug-likeness (QED) is 0.574. The third-order valence-electron chi connectivity index (χ3n) is 4.90. The lowest BCUT2D eigenvalue weighted by Crippen LogP contribution is -2.46. The zero-order valence-corrected chi connectivity index (χ0v) is 16.2. The maximum atomic E-state index is 13.1. The van der Waals surface area contributed by atoms with Crippen molar-refractivity contribution >= 4 is 11.5 Å². The van der Waals surface area contributed by atoms with Gasteiger partial charge in [-0.2, -0.15) is 17.7 Å². The molecule has 1 saturated heterocycles. The average molecular weight is 418 g/mol. The Balaban J connectivity index is 1.38.